The van der Waals surface area contributed by atoms with Gasteiger partial charge < -0.3 is 10.1 Å². The van der Waals surface area contributed by atoms with Crippen LogP contribution < -0.4 is 10.1 Å². The molecule has 25 heavy (non-hydrogen) atoms. The molecule has 0 aromatic heterocycles. The molecule has 0 aliphatic carbocycles. The summed E-state index contributed by atoms with van der Waals surface area (Å²) in [5.74, 6) is 0.502. The van der Waals surface area contributed by atoms with Gasteiger partial charge in [0.1, 0.15) is 5.75 Å². The normalized spacial score (nSPS) is 11.9. The Hall–Kier alpha value is -2.00. The minimum atomic E-state index is -0.602. The lowest BCUT2D eigenvalue weighted by Crippen LogP contribution is -2.31. The van der Waals surface area contributed by atoms with E-state index >= 15 is 0 Å². The summed E-state index contributed by atoms with van der Waals surface area (Å²) in [7, 11) is 0. The summed E-state index contributed by atoms with van der Waals surface area (Å²) in [6.07, 6.45) is 1.14. The molecule has 0 heterocycles. The van der Waals surface area contributed by atoms with Crippen LogP contribution in [-0.4, -0.2) is 12.0 Å². The predicted molar refractivity (Wildman–Crippen MR) is 105 cm³/mol. The molecule has 0 saturated heterocycles. The van der Waals surface area contributed by atoms with Crippen molar-refractivity contribution in [2.45, 2.75) is 53.6 Å². The van der Waals surface area contributed by atoms with E-state index in [2.05, 4.69) is 19.2 Å². The van der Waals surface area contributed by atoms with Gasteiger partial charge in [0.2, 0.25) is 0 Å². The van der Waals surface area contributed by atoms with Crippen molar-refractivity contribution in [2.24, 2.45) is 0 Å². The lowest BCUT2D eigenvalue weighted by atomic mass is 10.0. The van der Waals surface area contributed by atoms with E-state index in [0.717, 1.165) is 45.8 Å². The number of amides is 1. The number of anilines is 1. The molecule has 4 heteroatoms. The molecule has 0 unspecified atom stereocenters. The lowest BCUT2D eigenvalue weighted by molar-refractivity contribution is -0.122. The molecular weight excluding hydrogens is 334 g/mol. The van der Waals surface area contributed by atoms with Gasteiger partial charge in [-0.3, -0.25) is 4.79 Å². The van der Waals surface area contributed by atoms with E-state index in [1.165, 1.54) is 0 Å². The molecule has 0 radical (unpaired) electrons. The van der Waals surface area contributed by atoms with Gasteiger partial charge in [-0.15, -0.1) is 0 Å². The van der Waals surface area contributed by atoms with Gasteiger partial charge in [-0.05, 0) is 68.0 Å². The number of halogens is 1. The van der Waals surface area contributed by atoms with Gasteiger partial charge in [0, 0.05) is 10.7 Å². The van der Waals surface area contributed by atoms with Gasteiger partial charge in [-0.2, -0.15) is 0 Å². The molecule has 0 bridgehead atoms. The average molecular weight is 360 g/mol. The van der Waals surface area contributed by atoms with Gasteiger partial charge in [-0.25, -0.2) is 0 Å². The van der Waals surface area contributed by atoms with Crippen molar-refractivity contribution < 1.29 is 9.53 Å². The van der Waals surface area contributed by atoms with Crippen molar-refractivity contribution in [1.29, 1.82) is 0 Å². The topological polar surface area (TPSA) is 38.3 Å². The Bertz CT molecular complexity index is 725. The molecule has 0 aliphatic rings. The Morgan fingerprint density at radius 2 is 1.64 bits per heavy atom. The van der Waals surface area contributed by atoms with Crippen LogP contribution in [0.4, 0.5) is 5.69 Å². The molecule has 1 atom stereocenters. The highest BCUT2D eigenvalue weighted by molar-refractivity contribution is 6.32. The summed E-state index contributed by atoms with van der Waals surface area (Å²) < 4.78 is 5.84. The minimum absolute atomic E-state index is 0.152. The van der Waals surface area contributed by atoms with Crippen LogP contribution in [0.15, 0.2) is 30.3 Å². The van der Waals surface area contributed by atoms with E-state index in [-0.39, 0.29) is 5.91 Å². The van der Waals surface area contributed by atoms with E-state index in [9.17, 15) is 4.79 Å². The van der Waals surface area contributed by atoms with Crippen LogP contribution >= 0.6 is 11.6 Å². The summed E-state index contributed by atoms with van der Waals surface area (Å²) in [6.45, 7) is 9.79. The van der Waals surface area contributed by atoms with E-state index < -0.39 is 6.10 Å². The number of carbonyl (C=O) groups excluding carboxylic acids is 1. The fourth-order valence-corrected chi connectivity index (χ4v) is 2.97. The Morgan fingerprint density at radius 3 is 2.12 bits per heavy atom. The maximum atomic E-state index is 12.6. The second-order valence-corrected chi connectivity index (χ2v) is 6.66. The third-order valence-corrected chi connectivity index (χ3v) is 4.94. The molecule has 0 aliphatic heterocycles. The summed E-state index contributed by atoms with van der Waals surface area (Å²) in [5.41, 5.74) is 5.07. The molecule has 2 aromatic rings. The van der Waals surface area contributed by atoms with Crippen molar-refractivity contribution in [3.8, 4) is 5.75 Å². The Labute approximate surface area is 155 Å². The maximum absolute atomic E-state index is 12.6. The molecule has 1 amide bonds. The quantitative estimate of drug-likeness (QED) is 0.740. The predicted octanol–water partition coefficient (Wildman–Crippen LogP) is 5.49. The number of nitrogens with one attached hydrogen (secondary N) is 1. The molecule has 3 nitrogen and oxygen atoms in total. The van der Waals surface area contributed by atoms with E-state index in [0.29, 0.717) is 5.75 Å². The number of hydrogen-bond donors (Lipinski definition) is 1. The van der Waals surface area contributed by atoms with E-state index in [1.807, 2.05) is 44.2 Å². The van der Waals surface area contributed by atoms with Crippen LogP contribution in [0.1, 0.15) is 43.0 Å². The van der Waals surface area contributed by atoms with Gasteiger partial charge in [0.05, 0.1) is 0 Å². The van der Waals surface area contributed by atoms with Crippen molar-refractivity contribution in [1.82, 2.24) is 0 Å². The lowest BCUT2D eigenvalue weighted by Gasteiger charge is -2.19. The van der Waals surface area contributed by atoms with Crippen LogP contribution in [0, 0.1) is 13.8 Å². The molecule has 0 spiro atoms. The largest absolute Gasteiger partial charge is 0.481 e. The van der Waals surface area contributed by atoms with Gasteiger partial charge in [0.15, 0.2) is 6.10 Å². The maximum Gasteiger partial charge on any atom is 0.265 e. The van der Waals surface area contributed by atoms with Crippen molar-refractivity contribution >= 4 is 23.2 Å². The van der Waals surface area contributed by atoms with E-state index in [4.69, 9.17) is 16.3 Å². The van der Waals surface area contributed by atoms with Crippen LogP contribution in [0.2, 0.25) is 5.02 Å². The number of ether oxygens (including phenoxy) is 1. The summed E-state index contributed by atoms with van der Waals surface area (Å²) >= 11 is 6.19. The molecular formula is C21H26ClNO2. The highest BCUT2D eigenvalue weighted by atomic mass is 35.5. The Balaban J connectivity index is 2.16. The zero-order valence-electron chi connectivity index (χ0n) is 15.6. The van der Waals surface area contributed by atoms with Crippen molar-refractivity contribution in [3.63, 3.8) is 0 Å². The van der Waals surface area contributed by atoms with Crippen LogP contribution in [0.25, 0.3) is 0 Å². The third kappa shape index (κ3) is 4.55. The van der Waals surface area contributed by atoms with Crippen molar-refractivity contribution in [3.05, 3.63) is 57.6 Å². The molecule has 2 rings (SSSR count). The number of carbonyl (C=O) groups is 1. The van der Waals surface area contributed by atoms with Gasteiger partial charge in [0.25, 0.3) is 5.91 Å². The number of para-hydroxylation sites is 1. The molecule has 1 N–H and O–H groups in total. The fourth-order valence-electron chi connectivity index (χ4n) is 2.86. The first-order valence-electron chi connectivity index (χ1n) is 8.72. The fraction of sp³-hybridized carbons (Fsp3) is 0.381. The smallest absolute Gasteiger partial charge is 0.265 e. The van der Waals surface area contributed by atoms with Gasteiger partial charge >= 0.3 is 0 Å². The van der Waals surface area contributed by atoms with Crippen molar-refractivity contribution in [2.75, 3.05) is 5.32 Å². The second-order valence-electron chi connectivity index (χ2n) is 6.28. The van der Waals surface area contributed by atoms with E-state index in [1.54, 1.807) is 6.92 Å². The highest BCUT2D eigenvalue weighted by Crippen LogP contribution is 2.27. The summed E-state index contributed by atoms with van der Waals surface area (Å²) in [4.78, 5) is 12.6. The van der Waals surface area contributed by atoms with Crippen LogP contribution in [0.5, 0.6) is 5.75 Å². The standard InChI is InChI=1S/C21H26ClNO2/c1-6-16-9-8-10-17(7-2)20(16)23-21(24)15(5)25-18-11-13(3)19(22)14(4)12-18/h8-12,15H,6-7H2,1-5H3,(H,23,24)/t15-/m1/s1. The van der Waals surface area contributed by atoms with Crippen LogP contribution in [-0.2, 0) is 17.6 Å². The Morgan fingerprint density at radius 1 is 1.12 bits per heavy atom. The average Bonchev–Trinajstić information content (AvgIpc) is 2.59. The monoisotopic (exact) mass is 359 g/mol. The molecule has 0 saturated carbocycles. The first-order chi connectivity index (χ1) is 11.9. The first kappa shape index (κ1) is 19.3. The number of benzene rings is 2. The second kappa shape index (κ2) is 8.39. The van der Waals surface area contributed by atoms with Gasteiger partial charge in [-0.1, -0.05) is 43.6 Å². The van der Waals surface area contributed by atoms with Crippen LogP contribution in [0.3, 0.4) is 0 Å². The number of hydrogen-bond acceptors (Lipinski definition) is 2. The first-order valence-corrected chi connectivity index (χ1v) is 9.10. The minimum Gasteiger partial charge on any atom is -0.481 e. The zero-order valence-corrected chi connectivity index (χ0v) is 16.3. The third-order valence-electron chi connectivity index (χ3n) is 4.34. The number of aryl methyl sites for hydroxylation is 4. The Kier molecular flexibility index (Phi) is 6.49. The SMILES string of the molecule is CCc1cccc(CC)c1NC(=O)[C@@H](C)Oc1cc(C)c(Cl)c(C)c1. The molecule has 2 aromatic carbocycles. The number of rotatable bonds is 6. The summed E-state index contributed by atoms with van der Waals surface area (Å²) in [6, 6.07) is 9.85. The zero-order chi connectivity index (χ0) is 18.6. The highest BCUT2D eigenvalue weighted by Gasteiger charge is 2.18. The molecule has 134 valence electrons. The summed E-state index contributed by atoms with van der Waals surface area (Å²) in [5, 5.41) is 3.78. The molecule has 0 fully saturated rings.